The minimum absolute atomic E-state index is 0.197. The number of pyridine rings is 1. The lowest BCUT2D eigenvalue weighted by molar-refractivity contribution is 0.251. The Morgan fingerprint density at radius 1 is 1.12 bits per heavy atom. The number of nitrogens with one attached hydrogen (secondary N) is 2. The Hall–Kier alpha value is -2.56. The minimum atomic E-state index is -0.197. The van der Waals surface area contributed by atoms with Crippen LogP contribution in [0.1, 0.15) is 31.9 Å². The van der Waals surface area contributed by atoms with Gasteiger partial charge in [0, 0.05) is 31.5 Å². The second-order valence-corrected chi connectivity index (χ2v) is 5.51. The van der Waals surface area contributed by atoms with Crippen molar-refractivity contribution >= 4 is 17.5 Å². The number of aryl methyl sites for hydroxylation is 1. The van der Waals surface area contributed by atoms with Gasteiger partial charge in [-0.05, 0) is 49.6 Å². The van der Waals surface area contributed by atoms with Crippen molar-refractivity contribution in [2.45, 2.75) is 33.7 Å². The van der Waals surface area contributed by atoms with Gasteiger partial charge in [-0.2, -0.15) is 0 Å². The number of hydrogen-bond donors (Lipinski definition) is 2. The molecule has 0 saturated heterocycles. The van der Waals surface area contributed by atoms with Gasteiger partial charge in [0.2, 0.25) is 0 Å². The zero-order valence-electron chi connectivity index (χ0n) is 14.7. The van der Waals surface area contributed by atoms with Crippen molar-refractivity contribution < 1.29 is 4.79 Å². The molecule has 24 heavy (non-hydrogen) atoms. The highest BCUT2D eigenvalue weighted by Crippen LogP contribution is 2.15. The molecule has 0 aliphatic carbocycles. The molecular weight excluding hydrogens is 300 g/mol. The Labute approximate surface area is 144 Å². The lowest BCUT2D eigenvalue weighted by atomic mass is 10.1. The second kappa shape index (κ2) is 8.91. The molecule has 1 aromatic heterocycles. The Bertz CT molecular complexity index is 668. The highest BCUT2D eigenvalue weighted by Gasteiger charge is 2.07. The summed E-state index contributed by atoms with van der Waals surface area (Å²) in [7, 11) is 0. The number of amides is 2. The van der Waals surface area contributed by atoms with E-state index < -0.39 is 0 Å². The van der Waals surface area contributed by atoms with Crippen LogP contribution >= 0.6 is 0 Å². The van der Waals surface area contributed by atoms with Gasteiger partial charge in [0.1, 0.15) is 5.82 Å². The maximum atomic E-state index is 12.1. The van der Waals surface area contributed by atoms with Crippen molar-refractivity contribution in [1.82, 2.24) is 10.3 Å². The third-order valence-electron chi connectivity index (χ3n) is 4.00. The summed E-state index contributed by atoms with van der Waals surface area (Å²) in [4.78, 5) is 18.7. The number of para-hydroxylation sites is 1. The third-order valence-corrected chi connectivity index (χ3v) is 4.00. The molecule has 5 heteroatoms. The van der Waals surface area contributed by atoms with Crippen LogP contribution in [0.5, 0.6) is 0 Å². The summed E-state index contributed by atoms with van der Waals surface area (Å²) in [5.41, 5.74) is 3.02. The monoisotopic (exact) mass is 326 g/mol. The number of nitrogens with zero attached hydrogens (tertiary/aromatic N) is 2. The van der Waals surface area contributed by atoms with Gasteiger partial charge in [-0.3, -0.25) is 0 Å². The number of anilines is 2. The fraction of sp³-hybridized carbons (Fsp3) is 0.368. The highest BCUT2D eigenvalue weighted by molar-refractivity contribution is 5.90. The van der Waals surface area contributed by atoms with Gasteiger partial charge in [-0.25, -0.2) is 9.78 Å². The van der Waals surface area contributed by atoms with E-state index in [-0.39, 0.29) is 6.03 Å². The molecule has 0 aliphatic heterocycles. The predicted molar refractivity (Wildman–Crippen MR) is 99.5 cm³/mol. The number of rotatable bonds is 7. The first-order valence-electron chi connectivity index (χ1n) is 8.50. The predicted octanol–water partition coefficient (Wildman–Crippen LogP) is 3.81. The van der Waals surface area contributed by atoms with E-state index in [1.54, 1.807) is 6.20 Å². The van der Waals surface area contributed by atoms with Crippen LogP contribution in [0, 0.1) is 0 Å². The van der Waals surface area contributed by atoms with E-state index in [1.807, 2.05) is 36.4 Å². The van der Waals surface area contributed by atoms with Crippen molar-refractivity contribution in [2.24, 2.45) is 0 Å². The smallest absolute Gasteiger partial charge is 0.319 e. The van der Waals surface area contributed by atoms with E-state index in [0.717, 1.165) is 42.1 Å². The van der Waals surface area contributed by atoms with E-state index in [0.29, 0.717) is 6.54 Å². The van der Waals surface area contributed by atoms with Gasteiger partial charge < -0.3 is 15.5 Å². The van der Waals surface area contributed by atoms with Crippen LogP contribution < -0.4 is 15.5 Å². The van der Waals surface area contributed by atoms with Crippen LogP contribution in [0.2, 0.25) is 0 Å². The largest absolute Gasteiger partial charge is 0.357 e. The fourth-order valence-electron chi connectivity index (χ4n) is 2.59. The molecule has 0 fully saturated rings. The first-order valence-corrected chi connectivity index (χ1v) is 8.50. The SMILES string of the molecule is CCc1ccccc1NC(=O)NCc1ccnc(N(CC)CC)c1. The van der Waals surface area contributed by atoms with Crippen LogP contribution in [0.4, 0.5) is 16.3 Å². The van der Waals surface area contributed by atoms with Crippen molar-refractivity contribution in [3.63, 3.8) is 0 Å². The summed E-state index contributed by atoms with van der Waals surface area (Å²) in [5, 5.41) is 5.82. The zero-order chi connectivity index (χ0) is 17.4. The average Bonchev–Trinajstić information content (AvgIpc) is 2.62. The summed E-state index contributed by atoms with van der Waals surface area (Å²) < 4.78 is 0. The van der Waals surface area contributed by atoms with Crippen LogP contribution in [-0.4, -0.2) is 24.1 Å². The molecule has 2 N–H and O–H groups in total. The maximum absolute atomic E-state index is 12.1. The van der Waals surface area contributed by atoms with Gasteiger partial charge >= 0.3 is 6.03 Å². The van der Waals surface area contributed by atoms with Crippen LogP contribution in [-0.2, 0) is 13.0 Å². The molecule has 0 aliphatic rings. The number of hydrogen-bond acceptors (Lipinski definition) is 3. The van der Waals surface area contributed by atoms with Crippen LogP contribution in [0.15, 0.2) is 42.6 Å². The number of benzene rings is 1. The molecule has 2 aromatic rings. The Morgan fingerprint density at radius 3 is 2.58 bits per heavy atom. The summed E-state index contributed by atoms with van der Waals surface area (Å²) in [6.07, 6.45) is 2.67. The van der Waals surface area contributed by atoms with E-state index >= 15 is 0 Å². The summed E-state index contributed by atoms with van der Waals surface area (Å²) in [5.74, 6) is 0.941. The normalized spacial score (nSPS) is 10.3. The van der Waals surface area contributed by atoms with Gasteiger partial charge in [0.15, 0.2) is 0 Å². The molecule has 0 radical (unpaired) electrons. The van der Waals surface area contributed by atoms with E-state index in [4.69, 9.17) is 0 Å². The lowest BCUT2D eigenvalue weighted by Crippen LogP contribution is -2.29. The van der Waals surface area contributed by atoms with Crippen molar-refractivity contribution in [1.29, 1.82) is 0 Å². The van der Waals surface area contributed by atoms with Gasteiger partial charge in [-0.1, -0.05) is 25.1 Å². The van der Waals surface area contributed by atoms with E-state index in [9.17, 15) is 4.79 Å². The highest BCUT2D eigenvalue weighted by atomic mass is 16.2. The molecule has 1 heterocycles. The van der Waals surface area contributed by atoms with E-state index in [2.05, 4.69) is 41.3 Å². The second-order valence-electron chi connectivity index (χ2n) is 5.51. The number of carbonyl (C=O) groups excluding carboxylic acids is 1. The number of aromatic nitrogens is 1. The molecule has 1 aromatic carbocycles. The minimum Gasteiger partial charge on any atom is -0.357 e. The van der Waals surface area contributed by atoms with Crippen molar-refractivity contribution in [3.8, 4) is 0 Å². The molecule has 128 valence electrons. The molecule has 2 amide bonds. The summed E-state index contributed by atoms with van der Waals surface area (Å²) >= 11 is 0. The molecular formula is C19H26N4O. The zero-order valence-corrected chi connectivity index (χ0v) is 14.7. The summed E-state index contributed by atoms with van der Waals surface area (Å²) in [6, 6.07) is 11.6. The topological polar surface area (TPSA) is 57.3 Å². The maximum Gasteiger partial charge on any atom is 0.319 e. The van der Waals surface area contributed by atoms with Crippen LogP contribution in [0.3, 0.4) is 0 Å². The quantitative estimate of drug-likeness (QED) is 0.813. The molecule has 0 saturated carbocycles. The fourth-order valence-corrected chi connectivity index (χ4v) is 2.59. The third kappa shape index (κ3) is 4.72. The standard InChI is InChI=1S/C19H26N4O/c1-4-16-9-7-8-10-17(16)22-19(24)21-14-15-11-12-20-18(13-15)23(5-2)6-3/h7-13H,4-6,14H2,1-3H3,(H2,21,22,24). The molecule has 0 spiro atoms. The van der Waals surface area contributed by atoms with Crippen molar-refractivity contribution in [2.75, 3.05) is 23.3 Å². The Kier molecular flexibility index (Phi) is 6.61. The average molecular weight is 326 g/mol. The van der Waals surface area contributed by atoms with Crippen molar-refractivity contribution in [3.05, 3.63) is 53.7 Å². The van der Waals surface area contributed by atoms with E-state index in [1.165, 1.54) is 0 Å². The molecule has 0 atom stereocenters. The Morgan fingerprint density at radius 2 is 1.88 bits per heavy atom. The number of carbonyl (C=O) groups is 1. The van der Waals surface area contributed by atoms with Gasteiger partial charge in [0.05, 0.1) is 0 Å². The Balaban J connectivity index is 1.95. The first kappa shape index (κ1) is 17.8. The van der Waals surface area contributed by atoms with Gasteiger partial charge in [0.25, 0.3) is 0 Å². The molecule has 2 rings (SSSR count). The van der Waals surface area contributed by atoms with Crippen LogP contribution in [0.25, 0.3) is 0 Å². The van der Waals surface area contributed by atoms with Gasteiger partial charge in [-0.15, -0.1) is 0 Å². The lowest BCUT2D eigenvalue weighted by Gasteiger charge is -2.20. The molecule has 5 nitrogen and oxygen atoms in total. The summed E-state index contributed by atoms with van der Waals surface area (Å²) in [6.45, 7) is 8.58. The first-order chi connectivity index (χ1) is 11.7. The molecule has 0 unspecified atom stereocenters. The number of urea groups is 1. The molecule has 0 bridgehead atoms.